The number of amides is 1. The van der Waals surface area contributed by atoms with E-state index in [1.807, 2.05) is 13.8 Å². The van der Waals surface area contributed by atoms with E-state index < -0.39 is 10.0 Å². The predicted molar refractivity (Wildman–Crippen MR) is 116 cm³/mol. The first kappa shape index (κ1) is 22.1. The van der Waals surface area contributed by atoms with Gasteiger partial charge < -0.3 is 14.8 Å². The van der Waals surface area contributed by atoms with Gasteiger partial charge in [0.15, 0.2) is 0 Å². The van der Waals surface area contributed by atoms with Crippen LogP contribution in [0.1, 0.15) is 42.6 Å². The van der Waals surface area contributed by atoms with E-state index >= 15 is 0 Å². The lowest BCUT2D eigenvalue weighted by molar-refractivity contribution is 0.0845. The molecule has 1 amide bonds. The molecule has 0 aromatic heterocycles. The van der Waals surface area contributed by atoms with Crippen molar-refractivity contribution >= 4 is 21.6 Å². The van der Waals surface area contributed by atoms with Crippen molar-refractivity contribution < 1.29 is 22.7 Å². The molecule has 1 aliphatic rings. The maximum absolute atomic E-state index is 13.0. The molecule has 0 aliphatic carbocycles. The summed E-state index contributed by atoms with van der Waals surface area (Å²) in [5, 5.41) is 2.78. The van der Waals surface area contributed by atoms with Crippen molar-refractivity contribution in [3.05, 3.63) is 53.6 Å². The summed E-state index contributed by atoms with van der Waals surface area (Å²) in [5.41, 5.74) is 1.10. The average Bonchev–Trinajstić information content (AvgIpc) is 2.70. The first-order valence-electron chi connectivity index (χ1n) is 9.93. The van der Waals surface area contributed by atoms with E-state index in [-0.39, 0.29) is 27.7 Å². The summed E-state index contributed by atoms with van der Waals surface area (Å²) >= 11 is 0. The van der Waals surface area contributed by atoms with Crippen LogP contribution >= 0.6 is 0 Å². The molecule has 0 saturated heterocycles. The van der Waals surface area contributed by atoms with Crippen LogP contribution in [0.25, 0.3) is 0 Å². The Labute approximate surface area is 177 Å². The third-order valence-corrected chi connectivity index (χ3v) is 6.31. The van der Waals surface area contributed by atoms with Crippen molar-refractivity contribution in [2.45, 2.75) is 43.6 Å². The second-order valence-corrected chi connectivity index (χ2v) is 9.57. The normalized spacial score (nSPS) is 15.0. The first-order valence-corrected chi connectivity index (χ1v) is 11.4. The molecule has 0 bridgehead atoms. The van der Waals surface area contributed by atoms with Crippen molar-refractivity contribution in [3.63, 3.8) is 0 Å². The molecule has 0 atom stereocenters. The number of nitrogens with one attached hydrogen (secondary N) is 2. The van der Waals surface area contributed by atoms with Crippen molar-refractivity contribution in [2.24, 2.45) is 0 Å². The lowest BCUT2D eigenvalue weighted by atomic mass is 9.94. The van der Waals surface area contributed by atoms with Gasteiger partial charge in [0.1, 0.15) is 11.4 Å². The Morgan fingerprint density at radius 1 is 1.20 bits per heavy atom. The Balaban J connectivity index is 1.79. The highest BCUT2D eigenvalue weighted by molar-refractivity contribution is 7.92. The molecule has 2 aromatic carbocycles. The number of aryl methyl sites for hydroxylation is 1. The second-order valence-electron chi connectivity index (χ2n) is 7.88. The van der Waals surface area contributed by atoms with Crippen molar-refractivity contribution in [2.75, 3.05) is 25.0 Å². The van der Waals surface area contributed by atoms with E-state index in [2.05, 4.69) is 10.0 Å². The van der Waals surface area contributed by atoms with E-state index in [1.165, 1.54) is 6.07 Å². The number of hydrogen-bond acceptors (Lipinski definition) is 5. The fraction of sp³-hybridized carbons (Fsp3) is 0.409. The number of benzene rings is 2. The second kappa shape index (κ2) is 9.06. The quantitative estimate of drug-likeness (QED) is 0.624. The van der Waals surface area contributed by atoms with E-state index in [9.17, 15) is 13.2 Å². The van der Waals surface area contributed by atoms with Gasteiger partial charge in [0.2, 0.25) is 0 Å². The molecule has 162 valence electrons. The molecule has 3 rings (SSSR count). The third-order valence-electron chi connectivity index (χ3n) is 4.95. The Morgan fingerprint density at radius 3 is 2.73 bits per heavy atom. The van der Waals surface area contributed by atoms with Gasteiger partial charge in [-0.2, -0.15) is 0 Å². The van der Waals surface area contributed by atoms with Crippen LogP contribution in [-0.2, 0) is 21.2 Å². The summed E-state index contributed by atoms with van der Waals surface area (Å²) in [6, 6.07) is 11.4. The van der Waals surface area contributed by atoms with Gasteiger partial charge in [-0.05, 0) is 69.0 Å². The van der Waals surface area contributed by atoms with Gasteiger partial charge in [-0.3, -0.25) is 9.52 Å². The molecule has 1 heterocycles. The summed E-state index contributed by atoms with van der Waals surface area (Å²) in [6.07, 6.45) is 2.22. The summed E-state index contributed by atoms with van der Waals surface area (Å²) in [4.78, 5) is 12.6. The Morgan fingerprint density at radius 2 is 1.97 bits per heavy atom. The molecule has 7 nitrogen and oxygen atoms in total. The molecule has 30 heavy (non-hydrogen) atoms. The standard InChI is InChI=1S/C22H28N2O5S/c1-22(2)12-11-16-15-17(9-10-20(16)29-22)30(26,27)24-19-8-5-4-7-18(19)21(25)23-13-6-14-28-3/h4-5,7-10,15,24H,6,11-14H2,1-3H3,(H,23,25). The molecule has 1 aliphatic heterocycles. The van der Waals surface area contributed by atoms with Crippen molar-refractivity contribution in [1.82, 2.24) is 5.32 Å². The zero-order valence-corrected chi connectivity index (χ0v) is 18.3. The fourth-order valence-electron chi connectivity index (χ4n) is 3.29. The van der Waals surface area contributed by atoms with Gasteiger partial charge in [0.05, 0.1) is 16.1 Å². The van der Waals surface area contributed by atoms with Gasteiger partial charge in [-0.15, -0.1) is 0 Å². The summed E-state index contributed by atoms with van der Waals surface area (Å²) in [7, 11) is -2.27. The number of sulfonamides is 1. The molecule has 8 heteroatoms. The number of hydrogen-bond donors (Lipinski definition) is 2. The maximum Gasteiger partial charge on any atom is 0.261 e. The van der Waals surface area contributed by atoms with Gasteiger partial charge in [-0.25, -0.2) is 8.42 Å². The number of ether oxygens (including phenoxy) is 2. The Kier molecular flexibility index (Phi) is 6.67. The van der Waals surface area contributed by atoms with E-state index in [4.69, 9.17) is 9.47 Å². The zero-order chi connectivity index (χ0) is 21.8. The molecular formula is C22H28N2O5S. The van der Waals surface area contributed by atoms with Crippen molar-refractivity contribution in [3.8, 4) is 5.75 Å². The van der Waals surface area contributed by atoms with Crippen LogP contribution in [0.2, 0.25) is 0 Å². The highest BCUT2D eigenvalue weighted by atomic mass is 32.2. The monoisotopic (exact) mass is 432 g/mol. The van der Waals surface area contributed by atoms with Crippen LogP contribution in [-0.4, -0.2) is 40.2 Å². The highest BCUT2D eigenvalue weighted by Crippen LogP contribution is 2.34. The lowest BCUT2D eigenvalue weighted by Gasteiger charge is -2.32. The van der Waals surface area contributed by atoms with E-state index in [0.717, 1.165) is 18.4 Å². The highest BCUT2D eigenvalue weighted by Gasteiger charge is 2.28. The zero-order valence-electron chi connectivity index (χ0n) is 17.5. The van der Waals surface area contributed by atoms with Crippen LogP contribution < -0.4 is 14.8 Å². The fourth-order valence-corrected chi connectivity index (χ4v) is 4.42. The predicted octanol–water partition coefficient (Wildman–Crippen LogP) is 3.36. The average molecular weight is 433 g/mol. The minimum atomic E-state index is -3.87. The van der Waals surface area contributed by atoms with Gasteiger partial charge in [0, 0.05) is 20.3 Å². The lowest BCUT2D eigenvalue weighted by Crippen LogP contribution is -2.32. The number of para-hydroxylation sites is 1. The number of rotatable bonds is 8. The molecule has 2 aromatic rings. The number of methoxy groups -OCH3 is 1. The van der Waals surface area contributed by atoms with Gasteiger partial charge in [0.25, 0.3) is 15.9 Å². The molecule has 0 saturated carbocycles. The summed E-state index contributed by atoms with van der Waals surface area (Å²) < 4.78 is 39.4. The van der Waals surface area contributed by atoms with Crippen LogP contribution in [0.4, 0.5) is 5.69 Å². The molecular weight excluding hydrogens is 404 g/mol. The molecule has 0 fully saturated rings. The van der Waals surface area contributed by atoms with E-state index in [1.54, 1.807) is 43.5 Å². The third kappa shape index (κ3) is 5.31. The van der Waals surface area contributed by atoms with Crippen molar-refractivity contribution in [1.29, 1.82) is 0 Å². The molecule has 2 N–H and O–H groups in total. The summed E-state index contributed by atoms with van der Waals surface area (Å²) in [6.45, 7) is 5.00. The topological polar surface area (TPSA) is 93.7 Å². The Bertz CT molecular complexity index is 1020. The van der Waals surface area contributed by atoms with Gasteiger partial charge in [-0.1, -0.05) is 12.1 Å². The first-order chi connectivity index (χ1) is 14.2. The van der Waals surface area contributed by atoms with E-state index in [0.29, 0.717) is 25.3 Å². The number of carbonyl (C=O) groups is 1. The largest absolute Gasteiger partial charge is 0.488 e. The van der Waals surface area contributed by atoms with Crippen LogP contribution in [0.15, 0.2) is 47.4 Å². The molecule has 0 unspecified atom stereocenters. The minimum absolute atomic E-state index is 0.139. The SMILES string of the molecule is COCCCNC(=O)c1ccccc1NS(=O)(=O)c1ccc2c(c1)CCC(C)(C)O2. The Hall–Kier alpha value is -2.58. The van der Waals surface area contributed by atoms with Crippen LogP contribution in [0, 0.1) is 0 Å². The maximum atomic E-state index is 13.0. The molecule has 0 radical (unpaired) electrons. The summed E-state index contributed by atoms with van der Waals surface area (Å²) in [5.74, 6) is 0.367. The van der Waals surface area contributed by atoms with Crippen LogP contribution in [0.3, 0.4) is 0 Å². The van der Waals surface area contributed by atoms with Gasteiger partial charge >= 0.3 is 0 Å². The number of anilines is 1. The smallest absolute Gasteiger partial charge is 0.261 e. The number of carbonyl (C=O) groups excluding carboxylic acids is 1. The van der Waals surface area contributed by atoms with Crippen LogP contribution in [0.5, 0.6) is 5.75 Å². The number of fused-ring (bicyclic) bond motifs is 1. The minimum Gasteiger partial charge on any atom is -0.488 e. The molecule has 0 spiro atoms.